The van der Waals surface area contributed by atoms with Gasteiger partial charge in [0.1, 0.15) is 11.9 Å². The fraction of sp³-hybridized carbons (Fsp3) is 0.312. The molecule has 0 radical (unpaired) electrons. The van der Waals surface area contributed by atoms with Gasteiger partial charge in [0.2, 0.25) is 11.8 Å². The van der Waals surface area contributed by atoms with Crippen LogP contribution in [0.25, 0.3) is 6.08 Å². The van der Waals surface area contributed by atoms with E-state index in [9.17, 15) is 22.8 Å². The molecule has 1 saturated heterocycles. The lowest BCUT2D eigenvalue weighted by molar-refractivity contribution is -0.118. The van der Waals surface area contributed by atoms with Crippen molar-refractivity contribution in [3.8, 4) is 0 Å². The third-order valence-electron chi connectivity index (χ3n) is 7.11. The Morgan fingerprint density at radius 3 is 2.38 bits per heavy atom. The van der Waals surface area contributed by atoms with Gasteiger partial charge in [-0.05, 0) is 73.5 Å². The van der Waals surface area contributed by atoms with E-state index < -0.39 is 29.3 Å². The van der Waals surface area contributed by atoms with Gasteiger partial charge in [-0.3, -0.25) is 9.59 Å². The molecule has 1 unspecified atom stereocenters. The predicted molar refractivity (Wildman–Crippen MR) is 161 cm³/mol. The molecule has 1 aliphatic rings. The number of benzene rings is 3. The highest BCUT2D eigenvalue weighted by Crippen LogP contribution is 2.31. The maximum atomic E-state index is 14.4. The molecule has 4 rings (SSSR count). The number of carbonyl (C=O) groups is 2. The van der Waals surface area contributed by atoms with Crippen LogP contribution in [0.3, 0.4) is 0 Å². The smallest absolute Gasteiger partial charge is 0.273 e. The predicted octanol–water partition coefficient (Wildman–Crippen LogP) is 5.93. The molecule has 0 saturated carbocycles. The molecular formula is C32H36F3N5O2. The summed E-state index contributed by atoms with van der Waals surface area (Å²) in [5.74, 6) is -5.22. The molecule has 3 aromatic carbocycles. The summed E-state index contributed by atoms with van der Waals surface area (Å²) < 4.78 is 41.6. The first kappa shape index (κ1) is 30.8. The molecule has 222 valence electrons. The van der Waals surface area contributed by atoms with Crippen molar-refractivity contribution in [2.75, 3.05) is 42.5 Å². The van der Waals surface area contributed by atoms with Gasteiger partial charge in [0.15, 0.2) is 0 Å². The Morgan fingerprint density at radius 1 is 1.00 bits per heavy atom. The molecule has 3 aromatic rings. The number of piperidine rings is 1. The maximum absolute atomic E-state index is 14.4. The molecular weight excluding hydrogens is 543 g/mol. The van der Waals surface area contributed by atoms with Gasteiger partial charge >= 0.3 is 0 Å². The van der Waals surface area contributed by atoms with E-state index in [1.807, 2.05) is 0 Å². The normalized spacial score (nSPS) is 15.0. The van der Waals surface area contributed by atoms with Gasteiger partial charge in [0.05, 0.1) is 16.9 Å². The molecule has 1 atom stereocenters. The topological polar surface area (TPSA) is 99.5 Å². The Balaban J connectivity index is 1.45. The standard InChI is InChI=1S/C32H36F3N5O2/c1-32(34,35)25-15-14-24(21-26(25)33)38-31(42)30(37-17-20-40-18-5-2-6-19-40)23-12-9-22(10-13-23)11-16-29(41)39-28-8-4-3-7-27(28)36/h3-4,7-16,21,30,37H,2,5-6,17-20,36H2,1H3,(H,38,42)(H,39,41)/b16-11+. The van der Waals surface area contributed by atoms with Gasteiger partial charge in [-0.15, -0.1) is 0 Å². The lowest BCUT2D eigenvalue weighted by atomic mass is 10.0. The van der Waals surface area contributed by atoms with Gasteiger partial charge in [0.25, 0.3) is 5.92 Å². The molecule has 1 heterocycles. The van der Waals surface area contributed by atoms with E-state index in [0.29, 0.717) is 30.4 Å². The third kappa shape index (κ3) is 8.67. The van der Waals surface area contributed by atoms with Crippen molar-refractivity contribution in [2.24, 2.45) is 0 Å². The van der Waals surface area contributed by atoms with Crippen molar-refractivity contribution in [1.82, 2.24) is 10.2 Å². The molecule has 42 heavy (non-hydrogen) atoms. The number of para-hydroxylation sites is 2. The van der Waals surface area contributed by atoms with E-state index >= 15 is 0 Å². The van der Waals surface area contributed by atoms with E-state index in [-0.39, 0.29) is 11.6 Å². The van der Waals surface area contributed by atoms with Crippen LogP contribution in [-0.2, 0) is 15.5 Å². The quantitative estimate of drug-likeness (QED) is 0.167. The minimum atomic E-state index is -3.34. The summed E-state index contributed by atoms with van der Waals surface area (Å²) in [5.41, 5.74) is 7.59. The average Bonchev–Trinajstić information content (AvgIpc) is 2.96. The zero-order valence-corrected chi connectivity index (χ0v) is 23.5. The number of rotatable bonds is 11. The van der Waals surface area contributed by atoms with Crippen molar-refractivity contribution < 1.29 is 22.8 Å². The number of carbonyl (C=O) groups excluding carboxylic acids is 2. The molecule has 0 spiro atoms. The van der Waals surface area contributed by atoms with E-state index in [1.165, 1.54) is 18.6 Å². The van der Waals surface area contributed by atoms with Crippen molar-refractivity contribution in [2.45, 2.75) is 38.2 Å². The molecule has 0 aliphatic carbocycles. The Hall–Kier alpha value is -4.15. The first-order chi connectivity index (χ1) is 20.1. The summed E-state index contributed by atoms with van der Waals surface area (Å²) in [4.78, 5) is 28.0. The van der Waals surface area contributed by atoms with Crippen LogP contribution in [0.1, 0.15) is 48.9 Å². The molecule has 1 aliphatic heterocycles. The Morgan fingerprint density at radius 2 is 1.71 bits per heavy atom. The number of nitrogens with one attached hydrogen (secondary N) is 3. The highest BCUT2D eigenvalue weighted by molar-refractivity contribution is 6.03. The Bertz CT molecular complexity index is 1400. The van der Waals surface area contributed by atoms with Crippen LogP contribution in [0.2, 0.25) is 0 Å². The van der Waals surface area contributed by atoms with E-state index in [1.54, 1.807) is 54.6 Å². The zero-order valence-electron chi connectivity index (χ0n) is 23.5. The second-order valence-corrected chi connectivity index (χ2v) is 10.4. The summed E-state index contributed by atoms with van der Waals surface area (Å²) in [6.45, 7) is 3.95. The van der Waals surface area contributed by atoms with Crippen LogP contribution < -0.4 is 21.7 Å². The summed E-state index contributed by atoms with van der Waals surface area (Å²) in [6.07, 6.45) is 6.55. The first-order valence-electron chi connectivity index (χ1n) is 14.0. The van der Waals surface area contributed by atoms with Crippen LogP contribution in [0.15, 0.2) is 72.8 Å². The van der Waals surface area contributed by atoms with Gasteiger partial charge in [-0.2, -0.15) is 0 Å². The number of alkyl halides is 2. The maximum Gasteiger partial charge on any atom is 0.273 e. The van der Waals surface area contributed by atoms with E-state index in [4.69, 9.17) is 5.73 Å². The fourth-order valence-corrected chi connectivity index (χ4v) is 4.83. The second kappa shape index (κ2) is 14.2. The number of anilines is 3. The van der Waals surface area contributed by atoms with Gasteiger partial charge in [-0.1, -0.05) is 42.8 Å². The lowest BCUT2D eigenvalue weighted by Crippen LogP contribution is -2.40. The largest absolute Gasteiger partial charge is 0.397 e. The molecule has 0 aromatic heterocycles. The van der Waals surface area contributed by atoms with Crippen LogP contribution in [0, 0.1) is 5.82 Å². The number of likely N-dealkylation sites (tertiary alicyclic amines) is 1. The van der Waals surface area contributed by atoms with Crippen LogP contribution in [0.5, 0.6) is 0 Å². The Labute approximate surface area is 244 Å². The molecule has 1 fully saturated rings. The third-order valence-corrected chi connectivity index (χ3v) is 7.11. The number of hydrogen-bond donors (Lipinski definition) is 4. The zero-order chi connectivity index (χ0) is 30.1. The average molecular weight is 580 g/mol. The number of halogens is 3. The van der Waals surface area contributed by atoms with Crippen molar-refractivity contribution in [3.05, 3.63) is 95.3 Å². The van der Waals surface area contributed by atoms with Crippen LogP contribution >= 0.6 is 0 Å². The van der Waals surface area contributed by atoms with Crippen LogP contribution in [-0.4, -0.2) is 42.9 Å². The van der Waals surface area contributed by atoms with Crippen molar-refractivity contribution in [3.63, 3.8) is 0 Å². The van der Waals surface area contributed by atoms with Crippen molar-refractivity contribution >= 4 is 35.0 Å². The fourth-order valence-electron chi connectivity index (χ4n) is 4.83. The number of hydrogen-bond acceptors (Lipinski definition) is 5. The summed E-state index contributed by atoms with van der Waals surface area (Å²) in [5, 5.41) is 8.68. The molecule has 10 heteroatoms. The number of amides is 2. The Kier molecular flexibility index (Phi) is 10.4. The SMILES string of the molecule is CC(F)(F)c1ccc(NC(=O)C(NCCN2CCCCC2)c2ccc(/C=C/C(=O)Nc3ccccc3N)cc2)cc1F. The molecule has 5 N–H and O–H groups in total. The molecule has 2 amide bonds. The number of nitrogens with zero attached hydrogens (tertiary/aromatic N) is 1. The summed E-state index contributed by atoms with van der Waals surface area (Å²) >= 11 is 0. The highest BCUT2D eigenvalue weighted by atomic mass is 19.3. The van der Waals surface area contributed by atoms with E-state index in [0.717, 1.165) is 50.2 Å². The lowest BCUT2D eigenvalue weighted by Gasteiger charge is -2.27. The van der Waals surface area contributed by atoms with Gasteiger partial charge < -0.3 is 26.6 Å². The number of nitrogens with two attached hydrogens (primary N) is 1. The van der Waals surface area contributed by atoms with Crippen molar-refractivity contribution in [1.29, 1.82) is 0 Å². The highest BCUT2D eigenvalue weighted by Gasteiger charge is 2.28. The second-order valence-electron chi connectivity index (χ2n) is 10.4. The molecule has 7 nitrogen and oxygen atoms in total. The number of nitrogen functional groups attached to an aromatic ring is 1. The monoisotopic (exact) mass is 579 g/mol. The molecule has 0 bridgehead atoms. The minimum Gasteiger partial charge on any atom is -0.397 e. The van der Waals surface area contributed by atoms with Gasteiger partial charge in [-0.25, -0.2) is 13.2 Å². The summed E-state index contributed by atoms with van der Waals surface area (Å²) in [7, 11) is 0. The minimum absolute atomic E-state index is 0.0814. The van der Waals surface area contributed by atoms with Crippen LogP contribution in [0.4, 0.5) is 30.2 Å². The first-order valence-corrected chi connectivity index (χ1v) is 14.0. The van der Waals surface area contributed by atoms with Gasteiger partial charge in [0, 0.05) is 31.8 Å². The van der Waals surface area contributed by atoms with E-state index in [2.05, 4.69) is 20.9 Å². The summed E-state index contributed by atoms with van der Waals surface area (Å²) in [6, 6.07) is 16.4.